The van der Waals surface area contributed by atoms with Gasteiger partial charge in [-0.25, -0.2) is 0 Å². The smallest absolute Gasteiger partial charge is 0.219 e. The molecule has 0 N–H and O–H groups in total. The van der Waals surface area contributed by atoms with Crippen molar-refractivity contribution < 1.29 is 4.42 Å². The van der Waals surface area contributed by atoms with Crippen LogP contribution >= 0.6 is 0 Å². The summed E-state index contributed by atoms with van der Waals surface area (Å²) in [5.74, 6) is 2.55. The SMILES string of the molecule is CC(C)CCc1nnc(C(C)C)o1. The molecule has 0 bridgehead atoms. The molecule has 0 aliphatic heterocycles. The maximum Gasteiger partial charge on any atom is 0.219 e. The van der Waals surface area contributed by atoms with Gasteiger partial charge in [0.15, 0.2) is 0 Å². The van der Waals surface area contributed by atoms with Crippen molar-refractivity contribution in [1.82, 2.24) is 10.2 Å². The van der Waals surface area contributed by atoms with Crippen LogP contribution in [0.2, 0.25) is 0 Å². The van der Waals surface area contributed by atoms with Crippen molar-refractivity contribution >= 4 is 0 Å². The van der Waals surface area contributed by atoms with E-state index in [2.05, 4.69) is 37.9 Å². The fourth-order valence-electron chi connectivity index (χ4n) is 1.01. The molecule has 0 aromatic carbocycles. The molecule has 1 rings (SSSR count). The molecule has 3 heteroatoms. The van der Waals surface area contributed by atoms with E-state index in [0.717, 1.165) is 24.6 Å². The molecule has 1 aromatic heterocycles. The monoisotopic (exact) mass is 182 g/mol. The average molecular weight is 182 g/mol. The van der Waals surface area contributed by atoms with Gasteiger partial charge in [-0.2, -0.15) is 0 Å². The number of aromatic nitrogens is 2. The van der Waals surface area contributed by atoms with Gasteiger partial charge in [0.25, 0.3) is 0 Å². The normalized spacial score (nSPS) is 11.5. The molecule has 0 atom stereocenters. The Morgan fingerprint density at radius 1 is 1.15 bits per heavy atom. The van der Waals surface area contributed by atoms with Gasteiger partial charge in [-0.15, -0.1) is 10.2 Å². The molecule has 0 saturated carbocycles. The Morgan fingerprint density at radius 2 is 1.85 bits per heavy atom. The summed E-state index contributed by atoms with van der Waals surface area (Å²) in [5, 5.41) is 7.97. The van der Waals surface area contributed by atoms with E-state index in [1.54, 1.807) is 0 Å². The summed E-state index contributed by atoms with van der Waals surface area (Å²) in [6, 6.07) is 0. The number of rotatable bonds is 4. The molecule has 74 valence electrons. The molecule has 13 heavy (non-hydrogen) atoms. The Balaban J connectivity index is 2.49. The summed E-state index contributed by atoms with van der Waals surface area (Å²) in [7, 11) is 0. The molecule has 0 unspecified atom stereocenters. The second-order valence-corrected chi connectivity index (χ2v) is 4.12. The number of aryl methyl sites for hydroxylation is 1. The third-order valence-corrected chi connectivity index (χ3v) is 1.91. The van der Waals surface area contributed by atoms with E-state index in [1.165, 1.54) is 0 Å². The molecular weight excluding hydrogens is 164 g/mol. The maximum absolute atomic E-state index is 5.47. The molecule has 0 fully saturated rings. The highest BCUT2D eigenvalue weighted by Gasteiger charge is 2.09. The van der Waals surface area contributed by atoms with E-state index >= 15 is 0 Å². The Bertz CT molecular complexity index is 253. The maximum atomic E-state index is 5.47. The van der Waals surface area contributed by atoms with Crippen LogP contribution in [0.1, 0.15) is 51.8 Å². The lowest BCUT2D eigenvalue weighted by Crippen LogP contribution is -1.91. The van der Waals surface area contributed by atoms with Crippen molar-refractivity contribution in [1.29, 1.82) is 0 Å². The van der Waals surface area contributed by atoms with Crippen LogP contribution in [0.25, 0.3) is 0 Å². The average Bonchev–Trinajstić information content (AvgIpc) is 2.48. The lowest BCUT2D eigenvalue weighted by molar-refractivity contribution is 0.416. The van der Waals surface area contributed by atoms with Gasteiger partial charge in [-0.05, 0) is 12.3 Å². The van der Waals surface area contributed by atoms with Crippen molar-refractivity contribution in [2.75, 3.05) is 0 Å². The van der Waals surface area contributed by atoms with Crippen LogP contribution in [0.4, 0.5) is 0 Å². The number of hydrogen-bond acceptors (Lipinski definition) is 3. The van der Waals surface area contributed by atoms with Crippen molar-refractivity contribution in [2.24, 2.45) is 5.92 Å². The minimum atomic E-state index is 0.334. The lowest BCUT2D eigenvalue weighted by Gasteiger charge is -1.99. The van der Waals surface area contributed by atoms with E-state index in [1.807, 2.05) is 0 Å². The number of hydrogen-bond donors (Lipinski definition) is 0. The van der Waals surface area contributed by atoms with Crippen molar-refractivity contribution in [2.45, 2.75) is 46.5 Å². The van der Waals surface area contributed by atoms with Crippen molar-refractivity contribution in [3.05, 3.63) is 11.8 Å². The van der Waals surface area contributed by atoms with Gasteiger partial charge in [-0.1, -0.05) is 27.7 Å². The first-order chi connectivity index (χ1) is 6.09. The quantitative estimate of drug-likeness (QED) is 0.718. The molecular formula is C10H18N2O. The highest BCUT2D eigenvalue weighted by molar-refractivity contribution is 4.87. The summed E-state index contributed by atoms with van der Waals surface area (Å²) in [6.07, 6.45) is 2.01. The van der Waals surface area contributed by atoms with Gasteiger partial charge >= 0.3 is 0 Å². The Hall–Kier alpha value is -0.860. The molecule has 1 heterocycles. The predicted molar refractivity (Wildman–Crippen MR) is 51.5 cm³/mol. The van der Waals surface area contributed by atoms with Crippen LogP contribution < -0.4 is 0 Å². The van der Waals surface area contributed by atoms with Gasteiger partial charge in [-0.3, -0.25) is 0 Å². The summed E-state index contributed by atoms with van der Waals surface area (Å²) < 4.78 is 5.47. The summed E-state index contributed by atoms with van der Waals surface area (Å²) in [4.78, 5) is 0. The van der Waals surface area contributed by atoms with Crippen molar-refractivity contribution in [3.8, 4) is 0 Å². The second-order valence-electron chi connectivity index (χ2n) is 4.12. The number of nitrogens with zero attached hydrogens (tertiary/aromatic N) is 2. The molecule has 0 aliphatic carbocycles. The van der Waals surface area contributed by atoms with E-state index in [9.17, 15) is 0 Å². The van der Waals surface area contributed by atoms with Crippen LogP contribution in [0.3, 0.4) is 0 Å². The van der Waals surface area contributed by atoms with E-state index in [4.69, 9.17) is 4.42 Å². The zero-order chi connectivity index (χ0) is 9.84. The second kappa shape index (κ2) is 4.40. The zero-order valence-corrected chi connectivity index (χ0v) is 8.87. The Labute approximate surface area is 79.6 Å². The zero-order valence-electron chi connectivity index (χ0n) is 8.87. The van der Waals surface area contributed by atoms with E-state index < -0.39 is 0 Å². The van der Waals surface area contributed by atoms with Gasteiger partial charge in [0.1, 0.15) is 0 Å². The van der Waals surface area contributed by atoms with Gasteiger partial charge in [0.2, 0.25) is 11.8 Å². The van der Waals surface area contributed by atoms with Crippen LogP contribution in [0.15, 0.2) is 4.42 Å². The largest absolute Gasteiger partial charge is 0.425 e. The minimum absolute atomic E-state index is 0.334. The summed E-state index contributed by atoms with van der Waals surface area (Å²) >= 11 is 0. The van der Waals surface area contributed by atoms with Crippen LogP contribution in [0.5, 0.6) is 0 Å². The molecule has 0 radical (unpaired) electrons. The first kappa shape index (κ1) is 10.2. The predicted octanol–water partition coefficient (Wildman–Crippen LogP) is 2.78. The lowest BCUT2D eigenvalue weighted by atomic mass is 10.1. The first-order valence-corrected chi connectivity index (χ1v) is 4.92. The third-order valence-electron chi connectivity index (χ3n) is 1.91. The highest BCUT2D eigenvalue weighted by Crippen LogP contribution is 2.14. The van der Waals surface area contributed by atoms with Crippen LogP contribution in [-0.4, -0.2) is 10.2 Å². The molecule has 0 amide bonds. The summed E-state index contributed by atoms with van der Waals surface area (Å²) in [6.45, 7) is 8.50. The van der Waals surface area contributed by atoms with Gasteiger partial charge in [0, 0.05) is 12.3 Å². The summed E-state index contributed by atoms with van der Waals surface area (Å²) in [5.41, 5.74) is 0. The fourth-order valence-corrected chi connectivity index (χ4v) is 1.01. The minimum Gasteiger partial charge on any atom is -0.425 e. The van der Waals surface area contributed by atoms with Crippen LogP contribution in [-0.2, 0) is 6.42 Å². The Morgan fingerprint density at radius 3 is 2.31 bits per heavy atom. The van der Waals surface area contributed by atoms with E-state index in [0.29, 0.717) is 11.8 Å². The molecule has 0 spiro atoms. The molecule has 3 nitrogen and oxygen atoms in total. The Kier molecular flexibility index (Phi) is 3.46. The van der Waals surface area contributed by atoms with Crippen LogP contribution in [0, 0.1) is 5.92 Å². The first-order valence-electron chi connectivity index (χ1n) is 4.92. The molecule has 1 aromatic rings. The standard InChI is InChI=1S/C10H18N2O/c1-7(2)5-6-9-11-12-10(13-9)8(3)4/h7-8H,5-6H2,1-4H3. The highest BCUT2D eigenvalue weighted by atomic mass is 16.4. The van der Waals surface area contributed by atoms with Gasteiger partial charge < -0.3 is 4.42 Å². The topological polar surface area (TPSA) is 38.9 Å². The van der Waals surface area contributed by atoms with Gasteiger partial charge in [0.05, 0.1) is 0 Å². The van der Waals surface area contributed by atoms with Crippen molar-refractivity contribution in [3.63, 3.8) is 0 Å². The third kappa shape index (κ3) is 3.17. The van der Waals surface area contributed by atoms with E-state index in [-0.39, 0.29) is 0 Å². The fraction of sp³-hybridized carbons (Fsp3) is 0.800. The molecule has 0 saturated heterocycles. The molecule has 0 aliphatic rings.